The van der Waals surface area contributed by atoms with Crippen molar-refractivity contribution in [1.82, 2.24) is 9.47 Å². The van der Waals surface area contributed by atoms with Gasteiger partial charge in [-0.3, -0.25) is 4.79 Å². The highest BCUT2D eigenvalue weighted by Crippen LogP contribution is 2.39. The first-order valence-corrected chi connectivity index (χ1v) is 8.85. The van der Waals surface area contributed by atoms with Crippen LogP contribution >= 0.6 is 0 Å². The molecule has 5 heteroatoms. The van der Waals surface area contributed by atoms with Crippen molar-refractivity contribution in [3.05, 3.63) is 48.3 Å². The second-order valence-corrected chi connectivity index (χ2v) is 6.38. The molecule has 1 aliphatic heterocycles. The fourth-order valence-corrected chi connectivity index (χ4v) is 3.56. The van der Waals surface area contributed by atoms with Gasteiger partial charge in [-0.1, -0.05) is 0 Å². The Hall–Kier alpha value is -2.43. The van der Waals surface area contributed by atoms with Crippen molar-refractivity contribution in [3.8, 4) is 11.5 Å². The van der Waals surface area contributed by atoms with E-state index in [4.69, 9.17) is 9.47 Å². The number of carbonyl (C=O) groups is 1. The number of hydrogen-bond donors (Lipinski definition) is 0. The van der Waals surface area contributed by atoms with E-state index >= 15 is 0 Å². The van der Waals surface area contributed by atoms with Crippen molar-refractivity contribution in [1.29, 1.82) is 0 Å². The molecule has 1 saturated heterocycles. The highest BCUT2D eigenvalue weighted by atomic mass is 16.5. The molecule has 1 aromatic carbocycles. The van der Waals surface area contributed by atoms with Crippen LogP contribution in [0.4, 0.5) is 0 Å². The number of methoxy groups -OCH3 is 2. The number of amides is 1. The standard InChI is InChI=1S/C20H26N2O3/c1-24-16-9-10-17(19(15-16)25-2)18-7-5-14-22(18)20(23)8-6-13-21-11-3-4-12-21/h3-4,9-12,15,18H,5-8,13-14H2,1-2H3/t18-/m1/s1. The fourth-order valence-electron chi connectivity index (χ4n) is 3.56. The van der Waals surface area contributed by atoms with Crippen molar-refractivity contribution in [2.75, 3.05) is 20.8 Å². The van der Waals surface area contributed by atoms with Gasteiger partial charge in [0.25, 0.3) is 0 Å². The molecule has 3 rings (SSSR count). The van der Waals surface area contributed by atoms with E-state index in [1.54, 1.807) is 14.2 Å². The third-order valence-electron chi connectivity index (χ3n) is 4.85. The number of nitrogens with zero attached hydrogens (tertiary/aromatic N) is 2. The van der Waals surface area contributed by atoms with E-state index in [9.17, 15) is 4.79 Å². The number of aryl methyl sites for hydroxylation is 1. The van der Waals surface area contributed by atoms with Crippen LogP contribution in [0.25, 0.3) is 0 Å². The number of benzene rings is 1. The van der Waals surface area contributed by atoms with Gasteiger partial charge in [0.05, 0.1) is 20.3 Å². The maximum Gasteiger partial charge on any atom is 0.223 e. The lowest BCUT2D eigenvalue weighted by Crippen LogP contribution is -2.30. The first kappa shape index (κ1) is 17.4. The zero-order valence-corrected chi connectivity index (χ0v) is 15.0. The lowest BCUT2D eigenvalue weighted by molar-refractivity contribution is -0.132. The molecule has 25 heavy (non-hydrogen) atoms. The minimum atomic E-state index is 0.0972. The Morgan fingerprint density at radius 3 is 2.72 bits per heavy atom. The van der Waals surface area contributed by atoms with E-state index < -0.39 is 0 Å². The smallest absolute Gasteiger partial charge is 0.223 e. The van der Waals surface area contributed by atoms with Crippen LogP contribution in [-0.4, -0.2) is 36.1 Å². The minimum absolute atomic E-state index is 0.0972. The molecule has 1 aliphatic rings. The summed E-state index contributed by atoms with van der Waals surface area (Å²) in [4.78, 5) is 14.7. The van der Waals surface area contributed by atoms with E-state index in [2.05, 4.69) is 4.57 Å². The summed E-state index contributed by atoms with van der Waals surface area (Å²) in [6.45, 7) is 1.70. The van der Waals surface area contributed by atoms with Crippen LogP contribution in [0.3, 0.4) is 0 Å². The number of carbonyl (C=O) groups excluding carboxylic acids is 1. The normalized spacial score (nSPS) is 16.9. The summed E-state index contributed by atoms with van der Waals surface area (Å²) in [6.07, 6.45) is 7.51. The Bertz CT molecular complexity index is 697. The first-order valence-electron chi connectivity index (χ1n) is 8.85. The predicted molar refractivity (Wildman–Crippen MR) is 96.9 cm³/mol. The van der Waals surface area contributed by atoms with Gasteiger partial charge in [-0.2, -0.15) is 0 Å². The van der Waals surface area contributed by atoms with Gasteiger partial charge in [0, 0.05) is 43.5 Å². The van der Waals surface area contributed by atoms with E-state index in [0.29, 0.717) is 6.42 Å². The van der Waals surface area contributed by atoms with E-state index in [-0.39, 0.29) is 11.9 Å². The molecule has 1 amide bonds. The van der Waals surface area contributed by atoms with Gasteiger partial charge in [-0.15, -0.1) is 0 Å². The van der Waals surface area contributed by atoms with Crippen LogP contribution in [0, 0.1) is 0 Å². The molecule has 0 bridgehead atoms. The van der Waals surface area contributed by atoms with E-state index in [0.717, 1.165) is 49.4 Å². The van der Waals surface area contributed by atoms with Crippen molar-refractivity contribution in [2.45, 2.75) is 38.3 Å². The Morgan fingerprint density at radius 1 is 1.20 bits per heavy atom. The summed E-state index contributed by atoms with van der Waals surface area (Å²) >= 11 is 0. The molecule has 2 heterocycles. The maximum absolute atomic E-state index is 12.7. The minimum Gasteiger partial charge on any atom is -0.497 e. The predicted octanol–water partition coefficient (Wildman–Crippen LogP) is 3.65. The third kappa shape index (κ3) is 3.98. The van der Waals surface area contributed by atoms with Gasteiger partial charge in [0.2, 0.25) is 5.91 Å². The van der Waals surface area contributed by atoms with Crippen LogP contribution in [0.5, 0.6) is 11.5 Å². The summed E-state index contributed by atoms with van der Waals surface area (Å²) in [6, 6.07) is 9.96. The summed E-state index contributed by atoms with van der Waals surface area (Å²) < 4.78 is 12.9. The number of hydrogen-bond acceptors (Lipinski definition) is 3. The van der Waals surface area contributed by atoms with Crippen LogP contribution in [-0.2, 0) is 11.3 Å². The molecule has 0 aliphatic carbocycles. The van der Waals surface area contributed by atoms with Crippen molar-refractivity contribution in [3.63, 3.8) is 0 Å². The fraction of sp³-hybridized carbons (Fsp3) is 0.450. The maximum atomic E-state index is 12.7. The Balaban J connectivity index is 1.66. The van der Waals surface area contributed by atoms with Crippen molar-refractivity contribution < 1.29 is 14.3 Å². The third-order valence-corrected chi connectivity index (χ3v) is 4.85. The molecule has 2 aromatic rings. The second-order valence-electron chi connectivity index (χ2n) is 6.38. The summed E-state index contributed by atoms with van der Waals surface area (Å²) in [5, 5.41) is 0. The Morgan fingerprint density at radius 2 is 2.00 bits per heavy atom. The Kier molecular flexibility index (Phi) is 5.64. The van der Waals surface area contributed by atoms with Crippen LogP contribution in [0.15, 0.2) is 42.7 Å². The average molecular weight is 342 g/mol. The van der Waals surface area contributed by atoms with Gasteiger partial charge in [0.1, 0.15) is 11.5 Å². The quantitative estimate of drug-likeness (QED) is 0.771. The van der Waals surface area contributed by atoms with E-state index in [1.807, 2.05) is 47.6 Å². The van der Waals surface area contributed by atoms with Gasteiger partial charge in [-0.05, 0) is 43.5 Å². The number of aromatic nitrogens is 1. The number of rotatable bonds is 7. The molecule has 0 N–H and O–H groups in total. The lowest BCUT2D eigenvalue weighted by atomic mass is 10.0. The van der Waals surface area contributed by atoms with Gasteiger partial charge >= 0.3 is 0 Å². The Labute approximate surface area is 149 Å². The molecule has 1 fully saturated rings. The lowest BCUT2D eigenvalue weighted by Gasteiger charge is -2.26. The van der Waals surface area contributed by atoms with Crippen molar-refractivity contribution in [2.24, 2.45) is 0 Å². The summed E-state index contributed by atoms with van der Waals surface area (Å²) in [5.74, 6) is 1.78. The summed E-state index contributed by atoms with van der Waals surface area (Å²) in [7, 11) is 3.31. The molecular weight excluding hydrogens is 316 g/mol. The zero-order chi connectivity index (χ0) is 17.6. The molecule has 134 valence electrons. The van der Waals surface area contributed by atoms with Gasteiger partial charge in [-0.25, -0.2) is 0 Å². The molecule has 0 saturated carbocycles. The SMILES string of the molecule is COc1ccc([C@H]2CCCN2C(=O)CCCn2cccc2)c(OC)c1. The second kappa shape index (κ2) is 8.10. The monoisotopic (exact) mass is 342 g/mol. The largest absolute Gasteiger partial charge is 0.497 e. The molecule has 0 unspecified atom stereocenters. The first-order chi connectivity index (χ1) is 12.2. The highest BCUT2D eigenvalue weighted by molar-refractivity contribution is 5.77. The van der Waals surface area contributed by atoms with Crippen LogP contribution in [0.2, 0.25) is 0 Å². The van der Waals surface area contributed by atoms with Crippen LogP contribution < -0.4 is 9.47 Å². The van der Waals surface area contributed by atoms with Gasteiger partial charge < -0.3 is 18.9 Å². The van der Waals surface area contributed by atoms with Crippen molar-refractivity contribution >= 4 is 5.91 Å². The van der Waals surface area contributed by atoms with E-state index in [1.165, 1.54) is 0 Å². The van der Waals surface area contributed by atoms with Gasteiger partial charge in [0.15, 0.2) is 0 Å². The molecule has 0 radical (unpaired) electrons. The van der Waals surface area contributed by atoms with Crippen LogP contribution in [0.1, 0.15) is 37.3 Å². The molecule has 1 atom stereocenters. The molecule has 5 nitrogen and oxygen atoms in total. The summed E-state index contributed by atoms with van der Waals surface area (Å²) in [5.41, 5.74) is 1.07. The number of likely N-dealkylation sites (tertiary alicyclic amines) is 1. The topological polar surface area (TPSA) is 43.7 Å². The average Bonchev–Trinajstić information content (AvgIpc) is 3.32. The molecular formula is C20H26N2O3. The molecule has 1 aromatic heterocycles. The zero-order valence-electron chi connectivity index (χ0n) is 15.0. The molecule has 0 spiro atoms. The number of ether oxygens (including phenoxy) is 2. The highest BCUT2D eigenvalue weighted by Gasteiger charge is 2.31.